The zero-order chi connectivity index (χ0) is 13.8. The smallest absolute Gasteiger partial charge is 0.264 e. The molecule has 0 radical (unpaired) electrons. The van der Waals surface area contributed by atoms with E-state index in [9.17, 15) is 4.79 Å². The number of benzene rings is 1. The van der Waals surface area contributed by atoms with E-state index in [0.717, 1.165) is 28.5 Å². The van der Waals surface area contributed by atoms with Crippen LogP contribution in [0.5, 0.6) is 0 Å². The van der Waals surface area contributed by atoms with Gasteiger partial charge < -0.3 is 5.32 Å². The summed E-state index contributed by atoms with van der Waals surface area (Å²) in [5.41, 5.74) is 1.05. The highest BCUT2D eigenvalue weighted by molar-refractivity contribution is 8.18. The van der Waals surface area contributed by atoms with Gasteiger partial charge in [-0.05, 0) is 36.2 Å². The summed E-state index contributed by atoms with van der Waals surface area (Å²) in [5, 5.41) is 3.64. The fourth-order valence-corrected chi connectivity index (χ4v) is 3.46. The lowest BCUT2D eigenvalue weighted by Crippen LogP contribution is -2.22. The lowest BCUT2D eigenvalue weighted by molar-refractivity contribution is -0.115. The second-order valence-electron chi connectivity index (χ2n) is 5.20. The molecule has 104 valence electrons. The van der Waals surface area contributed by atoms with Crippen LogP contribution in [0.15, 0.2) is 40.2 Å². The standard InChI is InChI=1S/C16H18N2OS/c19-15-14(11-12-7-3-1-4-8-12)20-16(18-15)17-13-9-5-2-6-10-13/h1,3-4,7-8,11,13H,2,5-6,9-10H2,(H,17,18,19)/b14-11-. The molecule has 0 aromatic heterocycles. The van der Waals surface area contributed by atoms with Gasteiger partial charge in [-0.25, -0.2) is 0 Å². The van der Waals surface area contributed by atoms with E-state index >= 15 is 0 Å². The molecule has 1 aliphatic heterocycles. The number of nitrogens with zero attached hydrogens (tertiary/aromatic N) is 1. The molecule has 0 bridgehead atoms. The molecule has 0 atom stereocenters. The highest BCUT2D eigenvalue weighted by Gasteiger charge is 2.25. The van der Waals surface area contributed by atoms with E-state index in [1.807, 2.05) is 36.4 Å². The molecule has 1 aromatic carbocycles. The summed E-state index contributed by atoms with van der Waals surface area (Å²) in [6.07, 6.45) is 8.05. The predicted octanol–water partition coefficient (Wildman–Crippen LogP) is 3.58. The Balaban J connectivity index is 1.72. The first kappa shape index (κ1) is 13.4. The molecule has 2 aliphatic rings. The first-order valence-corrected chi connectivity index (χ1v) is 7.97. The molecule has 1 aliphatic carbocycles. The maximum atomic E-state index is 11.9. The van der Waals surface area contributed by atoms with Gasteiger partial charge in [0, 0.05) is 0 Å². The van der Waals surface area contributed by atoms with E-state index in [0.29, 0.717) is 6.04 Å². The number of hydrogen-bond acceptors (Lipinski definition) is 3. The Hall–Kier alpha value is -1.55. The van der Waals surface area contributed by atoms with Crippen LogP contribution < -0.4 is 5.32 Å². The van der Waals surface area contributed by atoms with Gasteiger partial charge in [-0.1, -0.05) is 49.6 Å². The quantitative estimate of drug-likeness (QED) is 0.844. The number of hydrogen-bond donors (Lipinski definition) is 1. The zero-order valence-electron chi connectivity index (χ0n) is 11.3. The van der Waals surface area contributed by atoms with Gasteiger partial charge in [-0.2, -0.15) is 0 Å². The molecule has 0 spiro atoms. The molecule has 1 amide bonds. The number of aliphatic imine (C=N–C) groups is 1. The third-order valence-electron chi connectivity index (χ3n) is 3.62. The monoisotopic (exact) mass is 286 g/mol. The normalized spacial score (nSPS) is 24.3. The van der Waals surface area contributed by atoms with Crippen molar-refractivity contribution < 1.29 is 4.79 Å². The predicted molar refractivity (Wildman–Crippen MR) is 84.5 cm³/mol. The van der Waals surface area contributed by atoms with Gasteiger partial charge >= 0.3 is 0 Å². The SMILES string of the molecule is O=C1NC(=NC2CCCCC2)S/C1=C\c1ccccc1. The number of thioether (sulfide) groups is 1. The van der Waals surface area contributed by atoms with Crippen molar-refractivity contribution in [3.05, 3.63) is 40.8 Å². The van der Waals surface area contributed by atoms with Crippen LogP contribution in [-0.4, -0.2) is 17.1 Å². The summed E-state index contributed by atoms with van der Waals surface area (Å²) in [6, 6.07) is 10.3. The Morgan fingerprint density at radius 1 is 1.15 bits per heavy atom. The van der Waals surface area contributed by atoms with Crippen LogP contribution in [0, 0.1) is 0 Å². The summed E-state index contributed by atoms with van der Waals surface area (Å²) >= 11 is 1.46. The summed E-state index contributed by atoms with van der Waals surface area (Å²) in [5.74, 6) is -0.0339. The number of carbonyl (C=O) groups excluding carboxylic acids is 1. The summed E-state index contributed by atoms with van der Waals surface area (Å²) in [4.78, 5) is 17.4. The number of nitrogens with one attached hydrogen (secondary N) is 1. The van der Waals surface area contributed by atoms with E-state index in [-0.39, 0.29) is 5.91 Å². The Labute approximate surface area is 123 Å². The van der Waals surface area contributed by atoms with Crippen molar-refractivity contribution in [2.75, 3.05) is 0 Å². The molecule has 4 heteroatoms. The van der Waals surface area contributed by atoms with Crippen LogP contribution in [0.25, 0.3) is 6.08 Å². The summed E-state index contributed by atoms with van der Waals surface area (Å²) in [7, 11) is 0. The van der Waals surface area contributed by atoms with E-state index < -0.39 is 0 Å². The highest BCUT2D eigenvalue weighted by atomic mass is 32.2. The molecule has 1 aromatic rings. The van der Waals surface area contributed by atoms with Gasteiger partial charge in [0.15, 0.2) is 5.17 Å². The maximum absolute atomic E-state index is 11.9. The van der Waals surface area contributed by atoms with Crippen molar-refractivity contribution in [2.45, 2.75) is 38.1 Å². The van der Waals surface area contributed by atoms with Crippen molar-refractivity contribution in [3.63, 3.8) is 0 Å². The maximum Gasteiger partial charge on any atom is 0.264 e. The molecule has 1 N–H and O–H groups in total. The van der Waals surface area contributed by atoms with E-state index in [1.54, 1.807) is 0 Å². The molecule has 3 nitrogen and oxygen atoms in total. The average Bonchev–Trinajstić information content (AvgIpc) is 2.81. The van der Waals surface area contributed by atoms with Crippen LogP contribution in [-0.2, 0) is 4.79 Å². The molecule has 20 heavy (non-hydrogen) atoms. The second-order valence-corrected chi connectivity index (χ2v) is 6.23. The van der Waals surface area contributed by atoms with Crippen LogP contribution in [0.1, 0.15) is 37.7 Å². The van der Waals surface area contributed by atoms with Crippen molar-refractivity contribution in [3.8, 4) is 0 Å². The lowest BCUT2D eigenvalue weighted by atomic mass is 9.96. The Morgan fingerprint density at radius 2 is 1.90 bits per heavy atom. The minimum absolute atomic E-state index is 0.0339. The van der Waals surface area contributed by atoms with Gasteiger partial charge in [-0.3, -0.25) is 9.79 Å². The molecule has 1 saturated heterocycles. The first-order chi connectivity index (χ1) is 9.81. The lowest BCUT2D eigenvalue weighted by Gasteiger charge is -2.17. The van der Waals surface area contributed by atoms with Gasteiger partial charge in [-0.15, -0.1) is 0 Å². The van der Waals surface area contributed by atoms with Crippen molar-refractivity contribution in [1.82, 2.24) is 5.32 Å². The molecule has 1 heterocycles. The highest BCUT2D eigenvalue weighted by Crippen LogP contribution is 2.28. The Bertz CT molecular complexity index is 545. The minimum Gasteiger partial charge on any atom is -0.301 e. The molecule has 2 fully saturated rings. The first-order valence-electron chi connectivity index (χ1n) is 7.15. The molecule has 1 saturated carbocycles. The molecular weight excluding hydrogens is 268 g/mol. The largest absolute Gasteiger partial charge is 0.301 e. The third kappa shape index (κ3) is 3.31. The van der Waals surface area contributed by atoms with Gasteiger partial charge in [0.05, 0.1) is 10.9 Å². The van der Waals surface area contributed by atoms with Gasteiger partial charge in [0.1, 0.15) is 0 Å². The van der Waals surface area contributed by atoms with Gasteiger partial charge in [0.2, 0.25) is 0 Å². The van der Waals surface area contributed by atoms with Crippen LogP contribution >= 0.6 is 11.8 Å². The van der Waals surface area contributed by atoms with Crippen molar-refractivity contribution in [1.29, 1.82) is 0 Å². The average molecular weight is 286 g/mol. The minimum atomic E-state index is -0.0339. The van der Waals surface area contributed by atoms with Crippen LogP contribution in [0.4, 0.5) is 0 Å². The van der Waals surface area contributed by atoms with Crippen LogP contribution in [0.2, 0.25) is 0 Å². The zero-order valence-corrected chi connectivity index (χ0v) is 12.2. The van der Waals surface area contributed by atoms with Gasteiger partial charge in [0.25, 0.3) is 5.91 Å². The second kappa shape index (κ2) is 6.27. The number of amidine groups is 1. The number of rotatable bonds is 2. The summed E-state index contributed by atoms with van der Waals surface area (Å²) in [6.45, 7) is 0. The van der Waals surface area contributed by atoms with Crippen molar-refractivity contribution in [2.24, 2.45) is 4.99 Å². The van der Waals surface area contributed by atoms with E-state index in [2.05, 4.69) is 10.3 Å². The Morgan fingerprint density at radius 3 is 2.65 bits per heavy atom. The third-order valence-corrected chi connectivity index (χ3v) is 4.55. The molecule has 3 rings (SSSR count). The summed E-state index contributed by atoms with van der Waals surface area (Å²) < 4.78 is 0. The number of carbonyl (C=O) groups is 1. The fourth-order valence-electron chi connectivity index (χ4n) is 2.56. The van der Waals surface area contributed by atoms with E-state index in [1.165, 1.54) is 31.0 Å². The fraction of sp³-hybridized carbons (Fsp3) is 0.375. The van der Waals surface area contributed by atoms with Crippen molar-refractivity contribution >= 4 is 28.9 Å². The van der Waals surface area contributed by atoms with Crippen LogP contribution in [0.3, 0.4) is 0 Å². The van der Waals surface area contributed by atoms with E-state index in [4.69, 9.17) is 0 Å². The number of amides is 1. The Kier molecular flexibility index (Phi) is 4.21. The molecular formula is C16H18N2OS. The molecule has 0 unspecified atom stereocenters. The topological polar surface area (TPSA) is 41.5 Å².